The van der Waals surface area contributed by atoms with E-state index in [1.165, 1.54) is 36.4 Å². The molecule has 4 N–H and O–H groups in total. The van der Waals surface area contributed by atoms with E-state index in [-0.39, 0.29) is 54.2 Å². The number of sulfonamides is 1. The Morgan fingerprint density at radius 2 is 1.77 bits per heavy atom. The van der Waals surface area contributed by atoms with Gasteiger partial charge in [-0.15, -0.1) is 0 Å². The van der Waals surface area contributed by atoms with Gasteiger partial charge in [0.15, 0.2) is 11.6 Å². The van der Waals surface area contributed by atoms with Crippen LogP contribution < -0.4 is 20.5 Å². The average Bonchev–Trinajstić information content (AvgIpc) is 2.88. The van der Waals surface area contributed by atoms with Crippen molar-refractivity contribution in [2.75, 3.05) is 5.32 Å². The molecule has 0 aliphatic rings. The molecule has 0 fully saturated rings. The van der Waals surface area contributed by atoms with Crippen LogP contribution in [-0.2, 0) is 26.0 Å². The topological polar surface area (TPSA) is 151 Å². The number of benzene rings is 3. The number of rotatable bonds is 9. The van der Waals surface area contributed by atoms with Gasteiger partial charge in [0.2, 0.25) is 5.91 Å². The third kappa shape index (κ3) is 7.62. The quantitative estimate of drug-likeness (QED) is 0.287. The van der Waals surface area contributed by atoms with Crippen molar-refractivity contribution >= 4 is 62.3 Å². The number of carbonyl (C=O) groups is 2. The fourth-order valence-electron chi connectivity index (χ4n) is 3.30. The summed E-state index contributed by atoms with van der Waals surface area (Å²) in [5, 5.41) is 11.5. The van der Waals surface area contributed by atoms with Crippen molar-refractivity contribution < 1.29 is 27.1 Å². The van der Waals surface area contributed by atoms with E-state index in [1.54, 1.807) is 13.8 Å². The van der Waals surface area contributed by atoms with Crippen molar-refractivity contribution in [1.29, 1.82) is 5.26 Å². The van der Waals surface area contributed by atoms with E-state index in [4.69, 9.17) is 50.5 Å². The number of carbonyl (C=O) groups excluding carboxylic acids is 2. The van der Waals surface area contributed by atoms with Gasteiger partial charge in [0.05, 0.1) is 44.7 Å². The summed E-state index contributed by atoms with van der Waals surface area (Å²) in [4.78, 5) is 24.4. The van der Waals surface area contributed by atoms with Gasteiger partial charge in [-0.05, 0) is 48.4 Å². The Bertz CT molecular complexity index is 1630. The van der Waals surface area contributed by atoms with Gasteiger partial charge in [-0.2, -0.15) is 5.26 Å². The van der Waals surface area contributed by atoms with Crippen LogP contribution in [0.15, 0.2) is 53.4 Å². The number of nitrogens with one attached hydrogen (secondary N) is 2. The van der Waals surface area contributed by atoms with E-state index >= 15 is 4.39 Å². The summed E-state index contributed by atoms with van der Waals surface area (Å²) in [6.07, 6.45) is -0.460. The Hall–Kier alpha value is -3.40. The maximum atomic E-state index is 15.3. The zero-order valence-electron chi connectivity index (χ0n) is 21.0. The molecule has 0 saturated carbocycles. The van der Waals surface area contributed by atoms with Crippen LogP contribution in [0, 0.1) is 23.1 Å². The zero-order valence-corrected chi connectivity index (χ0v) is 24.1. The van der Waals surface area contributed by atoms with Crippen molar-refractivity contribution in [3.8, 4) is 17.6 Å². The highest BCUT2D eigenvalue weighted by Gasteiger charge is 2.25. The molecule has 210 valence electrons. The van der Waals surface area contributed by atoms with Crippen LogP contribution >= 0.6 is 34.8 Å². The van der Waals surface area contributed by atoms with E-state index < -0.39 is 40.1 Å². The van der Waals surface area contributed by atoms with Gasteiger partial charge in [-0.25, -0.2) is 17.5 Å². The van der Waals surface area contributed by atoms with Crippen LogP contribution in [0.2, 0.25) is 15.1 Å². The van der Waals surface area contributed by atoms with E-state index in [1.807, 2.05) is 10.8 Å². The number of hydrogen-bond acceptors (Lipinski definition) is 7. The highest BCUT2D eigenvalue weighted by Crippen LogP contribution is 2.35. The summed E-state index contributed by atoms with van der Waals surface area (Å²) in [6.45, 7) is 3.33. The molecule has 0 aliphatic heterocycles. The predicted molar refractivity (Wildman–Crippen MR) is 150 cm³/mol. The Kier molecular flexibility index (Phi) is 10.00. The standard InChI is InChI=1S/C26H22Cl3FN4O5S/c1-13(2)24(32)26(36)34-40(37,38)18-4-6-21(20(29)11-18)33-22(35)9-15-3-5-19(28)25(23(15)30)39-17-8-14(12-31)7-16(27)10-17/h3-8,10-11,13,24H,9,32H2,1-2H3,(H,33,35)(H,34,36). The second-order valence-corrected chi connectivity index (χ2v) is 11.8. The first-order valence-corrected chi connectivity index (χ1v) is 14.1. The molecule has 0 saturated heterocycles. The minimum atomic E-state index is -4.28. The molecule has 3 rings (SSSR count). The minimum Gasteiger partial charge on any atom is -0.453 e. The third-order valence-corrected chi connectivity index (χ3v) is 7.65. The van der Waals surface area contributed by atoms with Gasteiger partial charge in [-0.1, -0.05) is 54.7 Å². The van der Waals surface area contributed by atoms with Crippen molar-refractivity contribution in [3.63, 3.8) is 0 Å². The number of anilines is 1. The fraction of sp³-hybridized carbons (Fsp3) is 0.192. The molecule has 2 amide bonds. The Morgan fingerprint density at radius 3 is 2.40 bits per heavy atom. The van der Waals surface area contributed by atoms with Gasteiger partial charge < -0.3 is 15.8 Å². The molecular formula is C26H22Cl3FN4O5S. The van der Waals surface area contributed by atoms with Crippen molar-refractivity contribution in [3.05, 3.63) is 80.5 Å². The molecule has 0 bridgehead atoms. The van der Waals surface area contributed by atoms with Gasteiger partial charge in [0.1, 0.15) is 5.75 Å². The normalized spacial score (nSPS) is 12.0. The van der Waals surface area contributed by atoms with Gasteiger partial charge >= 0.3 is 0 Å². The third-order valence-electron chi connectivity index (χ3n) is 5.48. The largest absolute Gasteiger partial charge is 0.453 e. The molecule has 9 nitrogen and oxygen atoms in total. The number of amides is 2. The molecular weight excluding hydrogens is 606 g/mol. The Balaban J connectivity index is 1.76. The smallest absolute Gasteiger partial charge is 0.264 e. The molecule has 0 spiro atoms. The molecule has 1 atom stereocenters. The van der Waals surface area contributed by atoms with Crippen LogP contribution in [0.25, 0.3) is 0 Å². The van der Waals surface area contributed by atoms with E-state index in [0.29, 0.717) is 0 Å². The first-order chi connectivity index (χ1) is 18.7. The van der Waals surface area contributed by atoms with Crippen LogP contribution in [-0.4, -0.2) is 26.3 Å². The monoisotopic (exact) mass is 626 g/mol. The van der Waals surface area contributed by atoms with Crippen LogP contribution in [0.1, 0.15) is 25.0 Å². The lowest BCUT2D eigenvalue weighted by Crippen LogP contribution is -2.46. The van der Waals surface area contributed by atoms with E-state index in [0.717, 1.165) is 12.1 Å². The lowest BCUT2D eigenvalue weighted by atomic mass is 10.1. The molecule has 1 unspecified atom stereocenters. The minimum absolute atomic E-state index is 0.0460. The van der Waals surface area contributed by atoms with Gasteiger partial charge in [0, 0.05) is 10.6 Å². The summed E-state index contributed by atoms with van der Waals surface area (Å²) < 4.78 is 47.8. The molecule has 0 heterocycles. The Labute approximate surface area is 245 Å². The van der Waals surface area contributed by atoms with Crippen LogP contribution in [0.5, 0.6) is 11.5 Å². The predicted octanol–water partition coefficient (Wildman–Crippen LogP) is 5.42. The number of ether oxygens (including phenoxy) is 1. The fourth-order valence-corrected chi connectivity index (χ4v) is 5.04. The summed E-state index contributed by atoms with van der Waals surface area (Å²) in [5.74, 6) is -3.07. The molecule has 14 heteroatoms. The number of nitriles is 1. The summed E-state index contributed by atoms with van der Waals surface area (Å²) in [7, 11) is -4.28. The van der Waals surface area contributed by atoms with Crippen LogP contribution in [0.3, 0.4) is 0 Å². The molecule has 3 aromatic rings. The first-order valence-electron chi connectivity index (χ1n) is 11.5. The summed E-state index contributed by atoms with van der Waals surface area (Å²) in [5.41, 5.74) is 5.86. The summed E-state index contributed by atoms with van der Waals surface area (Å²) >= 11 is 18.2. The Morgan fingerprint density at radius 1 is 1.07 bits per heavy atom. The maximum absolute atomic E-state index is 15.3. The highest BCUT2D eigenvalue weighted by molar-refractivity contribution is 7.90. The number of nitrogens with zero attached hydrogens (tertiary/aromatic N) is 1. The second kappa shape index (κ2) is 12.8. The number of hydrogen-bond donors (Lipinski definition) is 3. The lowest BCUT2D eigenvalue weighted by molar-refractivity contribution is -0.121. The second-order valence-electron chi connectivity index (χ2n) is 8.85. The van der Waals surface area contributed by atoms with Crippen LogP contribution in [0.4, 0.5) is 10.1 Å². The maximum Gasteiger partial charge on any atom is 0.264 e. The van der Waals surface area contributed by atoms with Gasteiger partial charge in [-0.3, -0.25) is 9.59 Å². The molecule has 3 aromatic carbocycles. The van der Waals surface area contributed by atoms with E-state index in [9.17, 15) is 18.0 Å². The molecule has 0 aliphatic carbocycles. The van der Waals surface area contributed by atoms with Gasteiger partial charge in [0.25, 0.3) is 15.9 Å². The van der Waals surface area contributed by atoms with Crippen molar-refractivity contribution in [2.24, 2.45) is 11.7 Å². The molecule has 40 heavy (non-hydrogen) atoms. The zero-order chi connectivity index (χ0) is 29.8. The number of halogens is 4. The molecule has 0 aromatic heterocycles. The SMILES string of the molecule is CC(C)C(N)C(=O)NS(=O)(=O)c1ccc(NC(=O)Cc2ccc(Cl)c(Oc3cc(Cl)cc(C#N)c3)c2F)c(Cl)c1. The molecule has 0 radical (unpaired) electrons. The number of nitrogens with two attached hydrogens (primary N) is 1. The average molecular weight is 628 g/mol. The first kappa shape index (κ1) is 31.1. The van der Waals surface area contributed by atoms with E-state index in [2.05, 4.69) is 5.32 Å². The summed E-state index contributed by atoms with van der Waals surface area (Å²) in [6, 6.07) is 11.0. The highest BCUT2D eigenvalue weighted by atomic mass is 35.5. The van der Waals surface area contributed by atoms with Crippen molar-refractivity contribution in [2.45, 2.75) is 31.2 Å². The van der Waals surface area contributed by atoms with Crippen molar-refractivity contribution in [1.82, 2.24) is 4.72 Å². The lowest BCUT2D eigenvalue weighted by Gasteiger charge is -2.16.